The van der Waals surface area contributed by atoms with Crippen LogP contribution in [-0.4, -0.2) is 25.8 Å². The van der Waals surface area contributed by atoms with Crippen molar-refractivity contribution in [2.75, 3.05) is 0 Å². The monoisotopic (exact) mass is 371 g/mol. The first kappa shape index (κ1) is 17.9. The van der Waals surface area contributed by atoms with E-state index in [0.29, 0.717) is 0 Å². The number of nitrogens with zero attached hydrogens (tertiary/aromatic N) is 3. The van der Waals surface area contributed by atoms with Crippen LogP contribution in [0.25, 0.3) is 10.7 Å². The molecule has 3 rings (SSSR count). The van der Waals surface area contributed by atoms with E-state index in [1.807, 2.05) is 48.7 Å². The summed E-state index contributed by atoms with van der Waals surface area (Å²) >= 11 is 3.12. The third-order valence-corrected chi connectivity index (χ3v) is 6.02. The SMILES string of the molecule is CCc1ccc(C(=O)C(C)Sc2nnc(-c3cccs3)n2CC)cc1. The predicted octanol–water partition coefficient (Wildman–Crippen LogP) is 4.95. The van der Waals surface area contributed by atoms with E-state index in [0.717, 1.165) is 34.4 Å². The highest BCUT2D eigenvalue weighted by molar-refractivity contribution is 8.00. The number of thiophene rings is 1. The highest BCUT2D eigenvalue weighted by atomic mass is 32.2. The van der Waals surface area contributed by atoms with Gasteiger partial charge in [-0.15, -0.1) is 21.5 Å². The number of aromatic nitrogens is 3. The fraction of sp³-hybridized carbons (Fsp3) is 0.316. The van der Waals surface area contributed by atoms with Gasteiger partial charge in [-0.2, -0.15) is 0 Å². The summed E-state index contributed by atoms with van der Waals surface area (Å²) in [4.78, 5) is 13.8. The van der Waals surface area contributed by atoms with Gasteiger partial charge >= 0.3 is 0 Å². The smallest absolute Gasteiger partial charge is 0.192 e. The number of ketones is 1. The summed E-state index contributed by atoms with van der Waals surface area (Å²) in [5, 5.41) is 11.3. The predicted molar refractivity (Wildman–Crippen MR) is 104 cm³/mol. The van der Waals surface area contributed by atoms with E-state index < -0.39 is 0 Å². The van der Waals surface area contributed by atoms with Crippen molar-refractivity contribution in [2.24, 2.45) is 0 Å². The summed E-state index contributed by atoms with van der Waals surface area (Å²) in [7, 11) is 0. The van der Waals surface area contributed by atoms with E-state index in [1.165, 1.54) is 17.3 Å². The molecule has 3 aromatic rings. The van der Waals surface area contributed by atoms with Gasteiger partial charge in [0.15, 0.2) is 16.8 Å². The molecule has 0 spiro atoms. The van der Waals surface area contributed by atoms with Crippen molar-refractivity contribution < 1.29 is 4.79 Å². The molecule has 0 amide bonds. The number of thioether (sulfide) groups is 1. The maximum Gasteiger partial charge on any atom is 0.192 e. The Labute approximate surface area is 156 Å². The molecule has 2 heterocycles. The number of aryl methyl sites for hydroxylation is 1. The Kier molecular flexibility index (Phi) is 5.71. The Hall–Kier alpha value is -1.92. The van der Waals surface area contributed by atoms with Crippen molar-refractivity contribution in [1.82, 2.24) is 14.8 Å². The normalized spacial score (nSPS) is 12.3. The zero-order valence-corrected chi connectivity index (χ0v) is 16.2. The quantitative estimate of drug-likeness (QED) is 0.435. The summed E-state index contributed by atoms with van der Waals surface area (Å²) in [6, 6.07) is 11.9. The van der Waals surface area contributed by atoms with Crippen LogP contribution in [0.1, 0.15) is 36.7 Å². The third-order valence-electron chi connectivity index (χ3n) is 4.07. The van der Waals surface area contributed by atoms with Crippen molar-refractivity contribution >= 4 is 28.9 Å². The molecule has 0 aliphatic carbocycles. The molecule has 1 unspecified atom stereocenters. The highest BCUT2D eigenvalue weighted by Gasteiger charge is 2.21. The van der Waals surface area contributed by atoms with Crippen molar-refractivity contribution in [3.05, 3.63) is 52.9 Å². The molecule has 1 atom stereocenters. The van der Waals surface area contributed by atoms with Gasteiger partial charge < -0.3 is 4.57 Å². The van der Waals surface area contributed by atoms with E-state index in [1.54, 1.807) is 11.3 Å². The molecule has 0 fully saturated rings. The molecule has 130 valence electrons. The minimum atomic E-state index is -0.210. The number of carbonyl (C=O) groups excluding carboxylic acids is 1. The van der Waals surface area contributed by atoms with Crippen molar-refractivity contribution in [2.45, 2.75) is 44.1 Å². The standard InChI is InChI=1S/C19H21N3OS2/c1-4-14-8-10-15(11-9-14)17(23)13(3)25-19-21-20-18(22(19)5-2)16-7-6-12-24-16/h6-13H,4-5H2,1-3H3. The van der Waals surface area contributed by atoms with Crippen LogP contribution < -0.4 is 0 Å². The van der Waals surface area contributed by atoms with Gasteiger partial charge in [0.2, 0.25) is 0 Å². The Morgan fingerprint density at radius 2 is 1.96 bits per heavy atom. The zero-order chi connectivity index (χ0) is 17.8. The van der Waals surface area contributed by atoms with Gasteiger partial charge in [-0.3, -0.25) is 4.79 Å². The van der Waals surface area contributed by atoms with E-state index in [4.69, 9.17) is 0 Å². The average molecular weight is 372 g/mol. The maximum absolute atomic E-state index is 12.7. The second-order valence-electron chi connectivity index (χ2n) is 5.70. The lowest BCUT2D eigenvalue weighted by molar-refractivity contribution is 0.0994. The number of benzene rings is 1. The fourth-order valence-electron chi connectivity index (χ4n) is 2.60. The second-order valence-corrected chi connectivity index (χ2v) is 7.96. The molecule has 0 radical (unpaired) electrons. The van der Waals surface area contributed by atoms with Crippen LogP contribution in [0.15, 0.2) is 46.9 Å². The van der Waals surface area contributed by atoms with E-state index in [9.17, 15) is 4.79 Å². The summed E-state index contributed by atoms with van der Waals surface area (Å²) < 4.78 is 2.07. The number of hydrogen-bond acceptors (Lipinski definition) is 5. The van der Waals surface area contributed by atoms with Crippen LogP contribution in [0, 0.1) is 0 Å². The van der Waals surface area contributed by atoms with Crippen molar-refractivity contribution in [3.8, 4) is 10.7 Å². The van der Waals surface area contributed by atoms with Gasteiger partial charge in [0.25, 0.3) is 0 Å². The Balaban J connectivity index is 1.78. The molecule has 25 heavy (non-hydrogen) atoms. The van der Waals surface area contributed by atoms with Gasteiger partial charge in [0.05, 0.1) is 10.1 Å². The molecule has 1 aromatic carbocycles. The maximum atomic E-state index is 12.7. The van der Waals surface area contributed by atoms with Crippen LogP contribution in [0.4, 0.5) is 0 Å². The molecule has 0 aliphatic rings. The van der Waals surface area contributed by atoms with Crippen LogP contribution in [-0.2, 0) is 13.0 Å². The number of rotatable bonds is 7. The lowest BCUT2D eigenvalue weighted by Crippen LogP contribution is -2.14. The minimum Gasteiger partial charge on any atom is -0.302 e. The molecule has 4 nitrogen and oxygen atoms in total. The van der Waals surface area contributed by atoms with Crippen LogP contribution >= 0.6 is 23.1 Å². The van der Waals surface area contributed by atoms with Gasteiger partial charge in [-0.1, -0.05) is 49.0 Å². The van der Waals surface area contributed by atoms with Gasteiger partial charge in [-0.25, -0.2) is 0 Å². The summed E-state index contributed by atoms with van der Waals surface area (Å²) in [6.45, 7) is 6.88. The van der Waals surface area contributed by atoms with Gasteiger partial charge in [-0.05, 0) is 37.3 Å². The van der Waals surface area contributed by atoms with E-state index in [2.05, 4.69) is 28.6 Å². The molecule has 2 aromatic heterocycles. The molecule has 0 saturated carbocycles. The first-order chi connectivity index (χ1) is 12.1. The van der Waals surface area contributed by atoms with Crippen LogP contribution in [0.5, 0.6) is 0 Å². The molecule has 0 saturated heterocycles. The second kappa shape index (κ2) is 7.97. The summed E-state index contributed by atoms with van der Waals surface area (Å²) in [5.41, 5.74) is 1.99. The average Bonchev–Trinajstić information content (AvgIpc) is 3.30. The van der Waals surface area contributed by atoms with Crippen molar-refractivity contribution in [3.63, 3.8) is 0 Å². The molecular weight excluding hydrogens is 350 g/mol. The lowest BCUT2D eigenvalue weighted by atomic mass is 10.1. The van der Waals surface area contributed by atoms with E-state index >= 15 is 0 Å². The number of hydrogen-bond donors (Lipinski definition) is 0. The fourth-order valence-corrected chi connectivity index (χ4v) is 4.31. The first-order valence-corrected chi connectivity index (χ1v) is 10.2. The number of Topliss-reactive ketones (excluding diaryl/α,β-unsaturated/α-hetero) is 1. The van der Waals surface area contributed by atoms with Crippen LogP contribution in [0.3, 0.4) is 0 Å². The molecule has 0 N–H and O–H groups in total. The molecule has 0 bridgehead atoms. The minimum absolute atomic E-state index is 0.121. The number of carbonyl (C=O) groups is 1. The largest absolute Gasteiger partial charge is 0.302 e. The molecular formula is C19H21N3OS2. The van der Waals surface area contributed by atoms with Crippen LogP contribution in [0.2, 0.25) is 0 Å². The highest BCUT2D eigenvalue weighted by Crippen LogP contribution is 2.30. The topological polar surface area (TPSA) is 47.8 Å². The molecule has 0 aliphatic heterocycles. The van der Waals surface area contributed by atoms with Gasteiger partial charge in [0.1, 0.15) is 0 Å². The first-order valence-electron chi connectivity index (χ1n) is 8.40. The van der Waals surface area contributed by atoms with Crippen molar-refractivity contribution in [1.29, 1.82) is 0 Å². The Morgan fingerprint density at radius 1 is 1.20 bits per heavy atom. The molecule has 6 heteroatoms. The van der Waals surface area contributed by atoms with Gasteiger partial charge in [0, 0.05) is 12.1 Å². The van der Waals surface area contributed by atoms with E-state index in [-0.39, 0.29) is 11.0 Å². The Morgan fingerprint density at radius 3 is 2.56 bits per heavy atom. The third kappa shape index (κ3) is 3.85. The zero-order valence-electron chi connectivity index (χ0n) is 14.6. The summed E-state index contributed by atoms with van der Waals surface area (Å²) in [6.07, 6.45) is 0.976. The lowest BCUT2D eigenvalue weighted by Gasteiger charge is -2.11. The summed E-state index contributed by atoms with van der Waals surface area (Å²) in [5.74, 6) is 0.989. The Bertz CT molecular complexity index is 838.